The third kappa shape index (κ3) is 1.76. The van der Waals surface area contributed by atoms with Gasteiger partial charge in [0.2, 0.25) is 0 Å². The average Bonchev–Trinajstić information content (AvgIpc) is 2.74. The maximum absolute atomic E-state index is 11.7. The van der Waals surface area contributed by atoms with Gasteiger partial charge in [-0.05, 0) is 49.4 Å². The van der Waals surface area contributed by atoms with Gasteiger partial charge in [0.05, 0.1) is 0 Å². The zero-order valence-electron chi connectivity index (χ0n) is 10.6. The van der Waals surface area contributed by atoms with Crippen LogP contribution < -0.4 is 10.6 Å². The second kappa shape index (κ2) is 4.14. The van der Waals surface area contributed by atoms with Crippen molar-refractivity contribution in [1.82, 2.24) is 10.6 Å². The van der Waals surface area contributed by atoms with Gasteiger partial charge in [0.25, 0.3) is 0 Å². The quantitative estimate of drug-likeness (QED) is 0.703. The van der Waals surface area contributed by atoms with Gasteiger partial charge in [-0.25, -0.2) is 9.59 Å². The van der Waals surface area contributed by atoms with Crippen LogP contribution in [0.4, 0.5) is 4.79 Å². The highest BCUT2D eigenvalue weighted by molar-refractivity contribution is 5.82. The number of carbonyl (C=O) groups excluding carboxylic acids is 1. The van der Waals surface area contributed by atoms with Crippen LogP contribution in [0.2, 0.25) is 0 Å². The number of carboxylic acid groups (broad SMARTS) is 1. The zero-order valence-corrected chi connectivity index (χ0v) is 10.6. The molecule has 3 rings (SSSR count). The highest BCUT2D eigenvalue weighted by Gasteiger charge is 2.65. The lowest BCUT2D eigenvalue weighted by Gasteiger charge is -2.15. The van der Waals surface area contributed by atoms with E-state index in [2.05, 4.69) is 10.6 Å². The number of carboxylic acids is 1. The number of fused-ring (bicyclic) bond motifs is 5. The summed E-state index contributed by atoms with van der Waals surface area (Å²) in [5, 5.41) is 14.4. The van der Waals surface area contributed by atoms with Crippen molar-refractivity contribution in [1.29, 1.82) is 0 Å². The molecule has 2 amide bonds. The number of hydrogen-bond acceptors (Lipinski definition) is 2. The van der Waals surface area contributed by atoms with Crippen LogP contribution in [-0.2, 0) is 4.79 Å². The summed E-state index contributed by atoms with van der Waals surface area (Å²) in [7, 11) is 0. The van der Waals surface area contributed by atoms with Crippen molar-refractivity contribution in [3.63, 3.8) is 0 Å². The van der Waals surface area contributed by atoms with E-state index in [1.165, 1.54) is 19.3 Å². The molecule has 3 saturated carbocycles. The Morgan fingerprint density at radius 3 is 2.39 bits per heavy atom. The first-order valence-corrected chi connectivity index (χ1v) is 6.91. The molecule has 0 aliphatic heterocycles. The van der Waals surface area contributed by atoms with Crippen LogP contribution in [0.15, 0.2) is 0 Å². The number of nitrogens with one attached hydrogen (secondary N) is 2. The van der Waals surface area contributed by atoms with E-state index in [9.17, 15) is 9.59 Å². The first-order chi connectivity index (χ1) is 8.61. The second-order valence-corrected chi connectivity index (χ2v) is 5.93. The average molecular weight is 252 g/mol. The monoisotopic (exact) mass is 252 g/mol. The molecule has 5 atom stereocenters. The Hall–Kier alpha value is -1.26. The first kappa shape index (κ1) is 11.8. The van der Waals surface area contributed by atoms with Crippen LogP contribution in [-0.4, -0.2) is 29.2 Å². The van der Waals surface area contributed by atoms with Crippen LogP contribution >= 0.6 is 0 Å². The minimum atomic E-state index is -0.969. The van der Waals surface area contributed by atoms with Crippen molar-refractivity contribution in [3.8, 4) is 0 Å². The molecule has 0 heterocycles. The van der Waals surface area contributed by atoms with Crippen LogP contribution in [0.25, 0.3) is 0 Å². The van der Waals surface area contributed by atoms with Gasteiger partial charge in [-0.2, -0.15) is 0 Å². The molecular weight excluding hydrogens is 232 g/mol. The Morgan fingerprint density at radius 2 is 1.89 bits per heavy atom. The Kier molecular flexibility index (Phi) is 2.72. The van der Waals surface area contributed by atoms with E-state index in [-0.39, 0.29) is 6.03 Å². The summed E-state index contributed by atoms with van der Waals surface area (Å²) in [6.07, 6.45) is 4.39. The van der Waals surface area contributed by atoms with Crippen molar-refractivity contribution in [3.05, 3.63) is 0 Å². The largest absolute Gasteiger partial charge is 0.480 e. The van der Waals surface area contributed by atoms with Crippen LogP contribution in [0.5, 0.6) is 0 Å². The number of rotatable bonds is 4. The van der Waals surface area contributed by atoms with E-state index in [1.807, 2.05) is 0 Å². The van der Waals surface area contributed by atoms with E-state index < -0.39 is 12.0 Å². The minimum Gasteiger partial charge on any atom is -0.480 e. The maximum Gasteiger partial charge on any atom is 0.326 e. The molecule has 18 heavy (non-hydrogen) atoms. The van der Waals surface area contributed by atoms with Crippen LogP contribution in [0.3, 0.4) is 0 Å². The minimum absolute atomic E-state index is 0.308. The Labute approximate surface area is 106 Å². The number of urea groups is 1. The van der Waals surface area contributed by atoms with Gasteiger partial charge in [-0.3, -0.25) is 0 Å². The van der Waals surface area contributed by atoms with E-state index in [1.54, 1.807) is 6.92 Å². The van der Waals surface area contributed by atoms with Gasteiger partial charge in [-0.1, -0.05) is 6.92 Å². The fourth-order valence-electron chi connectivity index (χ4n) is 4.21. The van der Waals surface area contributed by atoms with Crippen molar-refractivity contribution >= 4 is 12.0 Å². The van der Waals surface area contributed by atoms with E-state index in [0.29, 0.717) is 24.3 Å². The molecule has 0 aromatic rings. The molecule has 5 nitrogen and oxygen atoms in total. The van der Waals surface area contributed by atoms with Gasteiger partial charge in [-0.15, -0.1) is 0 Å². The fraction of sp³-hybridized carbons (Fsp3) is 0.846. The summed E-state index contributed by atoms with van der Waals surface area (Å²) in [5.41, 5.74) is 0. The van der Waals surface area contributed by atoms with Crippen LogP contribution in [0, 0.1) is 23.7 Å². The zero-order chi connectivity index (χ0) is 12.9. The SMILES string of the molecule is CCC(NC(=O)NC1C2C3CCC(C3)C12)C(=O)O. The molecule has 0 aromatic heterocycles. The molecule has 5 unspecified atom stereocenters. The van der Waals surface area contributed by atoms with E-state index >= 15 is 0 Å². The Bertz CT molecular complexity index is 368. The van der Waals surface area contributed by atoms with E-state index in [0.717, 1.165) is 11.8 Å². The standard InChI is InChI=1S/C13H20N2O3/c1-2-8(12(16)17)14-13(18)15-11-9-6-3-4-7(5-6)10(9)11/h6-11H,2-5H2,1H3,(H,16,17)(H2,14,15,18). The van der Waals surface area contributed by atoms with Gasteiger partial charge >= 0.3 is 12.0 Å². The molecule has 100 valence electrons. The van der Waals surface area contributed by atoms with E-state index in [4.69, 9.17) is 5.11 Å². The van der Waals surface area contributed by atoms with Gasteiger partial charge in [0, 0.05) is 6.04 Å². The lowest BCUT2D eigenvalue weighted by molar-refractivity contribution is -0.139. The molecule has 5 heteroatoms. The smallest absolute Gasteiger partial charge is 0.326 e. The number of hydrogen-bond donors (Lipinski definition) is 3. The second-order valence-electron chi connectivity index (χ2n) is 5.93. The Balaban J connectivity index is 1.50. The number of carbonyl (C=O) groups is 2. The maximum atomic E-state index is 11.7. The molecule has 3 fully saturated rings. The summed E-state index contributed by atoms with van der Waals surface area (Å²) >= 11 is 0. The van der Waals surface area contributed by atoms with Gasteiger partial charge < -0.3 is 15.7 Å². The topological polar surface area (TPSA) is 78.4 Å². The lowest BCUT2D eigenvalue weighted by Crippen LogP contribution is -2.47. The molecular formula is C13H20N2O3. The van der Waals surface area contributed by atoms with Crippen molar-refractivity contribution in [2.75, 3.05) is 0 Å². The summed E-state index contributed by atoms with van der Waals surface area (Å²) in [5.74, 6) is 2.01. The highest BCUT2D eigenvalue weighted by atomic mass is 16.4. The summed E-state index contributed by atoms with van der Waals surface area (Å²) < 4.78 is 0. The summed E-state index contributed by atoms with van der Waals surface area (Å²) in [6.45, 7) is 1.76. The molecule has 3 aliphatic rings. The third-order valence-electron chi connectivity index (χ3n) is 5.04. The highest BCUT2D eigenvalue weighted by Crippen LogP contribution is 2.65. The molecule has 2 bridgehead atoms. The molecule has 0 saturated heterocycles. The summed E-state index contributed by atoms with van der Waals surface area (Å²) in [6, 6.07) is -0.786. The van der Waals surface area contributed by atoms with Crippen molar-refractivity contribution < 1.29 is 14.7 Å². The first-order valence-electron chi connectivity index (χ1n) is 6.91. The Morgan fingerprint density at radius 1 is 1.28 bits per heavy atom. The molecule has 3 N–H and O–H groups in total. The van der Waals surface area contributed by atoms with Crippen LogP contribution in [0.1, 0.15) is 32.6 Å². The van der Waals surface area contributed by atoms with Gasteiger partial charge in [0.1, 0.15) is 6.04 Å². The predicted molar refractivity (Wildman–Crippen MR) is 65.0 cm³/mol. The lowest BCUT2D eigenvalue weighted by atomic mass is 10.0. The molecule has 3 aliphatic carbocycles. The number of aliphatic carboxylic acids is 1. The van der Waals surface area contributed by atoms with Crippen molar-refractivity contribution in [2.24, 2.45) is 23.7 Å². The summed E-state index contributed by atoms with van der Waals surface area (Å²) in [4.78, 5) is 22.6. The van der Waals surface area contributed by atoms with Crippen molar-refractivity contribution in [2.45, 2.75) is 44.7 Å². The normalized spacial score (nSPS) is 41.1. The third-order valence-corrected chi connectivity index (χ3v) is 5.04. The molecule has 0 aromatic carbocycles. The fourth-order valence-corrected chi connectivity index (χ4v) is 4.21. The molecule has 0 radical (unpaired) electrons. The molecule has 0 spiro atoms. The predicted octanol–water partition coefficient (Wildman–Crippen LogP) is 1.19. The van der Waals surface area contributed by atoms with Gasteiger partial charge in [0.15, 0.2) is 0 Å². The number of amides is 2.